The van der Waals surface area contributed by atoms with Crippen molar-refractivity contribution < 1.29 is 23.1 Å². The van der Waals surface area contributed by atoms with Crippen LogP contribution in [0.1, 0.15) is 29.7 Å². The topological polar surface area (TPSA) is 83.9 Å². The molecule has 4 rings (SSSR count). The molecule has 1 aliphatic heterocycles. The normalized spacial score (nSPS) is 16.3. The fourth-order valence-electron chi connectivity index (χ4n) is 3.94. The molecule has 1 amide bonds. The third-order valence-corrected chi connectivity index (χ3v) is 7.79. The monoisotopic (exact) mass is 497 g/mol. The number of benzene rings is 3. The number of aliphatic hydroxyl groups is 1. The minimum absolute atomic E-state index is 0.0109. The molecule has 0 radical (unpaired) electrons. The number of hydrogen-bond acceptors (Lipinski definition) is 5. The Kier molecular flexibility index (Phi) is 6.68. The van der Waals surface area contributed by atoms with E-state index >= 15 is 0 Å². The van der Waals surface area contributed by atoms with Crippen LogP contribution >= 0.6 is 11.6 Å². The van der Waals surface area contributed by atoms with Gasteiger partial charge in [0.1, 0.15) is 10.7 Å². The van der Waals surface area contributed by atoms with Crippen LogP contribution in [0.4, 0.5) is 0 Å². The second kappa shape index (κ2) is 9.52. The zero-order valence-electron chi connectivity index (χ0n) is 18.7. The Hall–Kier alpha value is -3.29. The summed E-state index contributed by atoms with van der Waals surface area (Å²) < 4.78 is 32.8. The molecular weight excluding hydrogens is 474 g/mol. The van der Waals surface area contributed by atoms with Crippen molar-refractivity contribution in [3.63, 3.8) is 0 Å². The van der Waals surface area contributed by atoms with E-state index in [9.17, 15) is 18.3 Å². The first-order valence-electron chi connectivity index (χ1n) is 10.8. The largest absolute Gasteiger partial charge is 0.502 e. The van der Waals surface area contributed by atoms with Crippen LogP contribution in [0.25, 0.3) is 0 Å². The molecule has 0 spiro atoms. The van der Waals surface area contributed by atoms with E-state index in [0.29, 0.717) is 22.9 Å². The summed E-state index contributed by atoms with van der Waals surface area (Å²) >= 11 is 5.99. The lowest BCUT2D eigenvalue weighted by atomic mass is 10.1. The molecule has 0 saturated heterocycles. The van der Waals surface area contributed by atoms with Crippen molar-refractivity contribution in [3.8, 4) is 5.75 Å². The van der Waals surface area contributed by atoms with Gasteiger partial charge in [-0.25, -0.2) is 8.42 Å². The molecule has 3 aromatic carbocycles. The van der Waals surface area contributed by atoms with Gasteiger partial charge in [-0.05, 0) is 61.4 Å². The number of halogens is 1. The Bertz CT molecular complexity index is 1330. The zero-order chi connectivity index (χ0) is 24.5. The maximum absolute atomic E-state index is 13.7. The van der Waals surface area contributed by atoms with Gasteiger partial charge in [-0.3, -0.25) is 4.79 Å². The SMILES string of the molecule is CCOc1ccc([C@H]2C(S(=O)(=O)c3ccc(C)cc3)=C(O)C(=O)N2Cc2ccc(Cl)cc2)cc1. The van der Waals surface area contributed by atoms with Crippen molar-refractivity contribution in [2.24, 2.45) is 0 Å². The van der Waals surface area contributed by atoms with Gasteiger partial charge in [-0.1, -0.05) is 53.6 Å². The van der Waals surface area contributed by atoms with Crippen molar-refractivity contribution >= 4 is 27.3 Å². The van der Waals surface area contributed by atoms with E-state index in [4.69, 9.17) is 16.3 Å². The first kappa shape index (κ1) is 23.9. The smallest absolute Gasteiger partial charge is 0.290 e. The maximum atomic E-state index is 13.7. The lowest BCUT2D eigenvalue weighted by Gasteiger charge is -2.27. The van der Waals surface area contributed by atoms with Crippen LogP contribution in [0.3, 0.4) is 0 Å². The van der Waals surface area contributed by atoms with E-state index in [-0.39, 0.29) is 16.3 Å². The standard InChI is InChI=1S/C26H24ClNO5S/c1-3-33-21-12-8-19(9-13-21)23-25(34(31,32)22-14-4-17(2)5-15-22)24(29)26(30)28(23)16-18-6-10-20(27)11-7-18/h4-15,23,29H,3,16H2,1-2H3/t23-/m0/s1. The highest BCUT2D eigenvalue weighted by molar-refractivity contribution is 7.95. The fourth-order valence-corrected chi connectivity index (χ4v) is 5.72. The Morgan fingerprint density at radius 3 is 2.18 bits per heavy atom. The molecular formula is C26H24ClNO5S. The fraction of sp³-hybridized carbons (Fsp3) is 0.192. The number of hydrogen-bond donors (Lipinski definition) is 1. The molecule has 1 N–H and O–H groups in total. The van der Waals surface area contributed by atoms with Crippen molar-refractivity contribution in [1.29, 1.82) is 0 Å². The van der Waals surface area contributed by atoms with Crippen molar-refractivity contribution in [2.75, 3.05) is 6.61 Å². The van der Waals surface area contributed by atoms with Gasteiger partial charge in [0, 0.05) is 11.6 Å². The maximum Gasteiger partial charge on any atom is 0.290 e. The lowest BCUT2D eigenvalue weighted by molar-refractivity contribution is -0.130. The Morgan fingerprint density at radius 2 is 1.59 bits per heavy atom. The summed E-state index contributed by atoms with van der Waals surface area (Å²) in [4.78, 5) is 14.2. The molecule has 0 bridgehead atoms. The molecule has 0 aliphatic carbocycles. The average Bonchev–Trinajstić information content (AvgIpc) is 3.07. The average molecular weight is 498 g/mol. The summed E-state index contributed by atoms with van der Waals surface area (Å²) in [7, 11) is -4.17. The minimum atomic E-state index is -4.17. The number of amides is 1. The summed E-state index contributed by atoms with van der Waals surface area (Å²) in [5.41, 5.74) is 2.18. The first-order valence-corrected chi connectivity index (χ1v) is 12.6. The number of rotatable bonds is 7. The van der Waals surface area contributed by atoms with Gasteiger partial charge in [-0.2, -0.15) is 0 Å². The van der Waals surface area contributed by atoms with Gasteiger partial charge < -0.3 is 14.7 Å². The van der Waals surface area contributed by atoms with Crippen LogP contribution in [-0.4, -0.2) is 30.9 Å². The summed E-state index contributed by atoms with van der Waals surface area (Å²) in [5.74, 6) is -0.899. The van der Waals surface area contributed by atoms with Crippen LogP contribution in [0.5, 0.6) is 5.75 Å². The van der Waals surface area contributed by atoms with Crippen molar-refractivity contribution in [2.45, 2.75) is 31.3 Å². The van der Waals surface area contributed by atoms with Gasteiger partial charge in [0.05, 0.1) is 17.5 Å². The molecule has 34 heavy (non-hydrogen) atoms. The van der Waals surface area contributed by atoms with Crippen LogP contribution in [0.2, 0.25) is 5.02 Å². The Morgan fingerprint density at radius 1 is 0.971 bits per heavy atom. The summed E-state index contributed by atoms with van der Waals surface area (Å²) in [6.07, 6.45) is 0. The van der Waals surface area contributed by atoms with E-state index < -0.39 is 27.5 Å². The minimum Gasteiger partial charge on any atom is -0.502 e. The zero-order valence-corrected chi connectivity index (χ0v) is 20.3. The van der Waals surface area contributed by atoms with Crippen molar-refractivity contribution in [3.05, 3.63) is 105 Å². The number of sulfone groups is 1. The Balaban J connectivity index is 1.82. The molecule has 1 heterocycles. The second-order valence-electron chi connectivity index (χ2n) is 7.99. The predicted octanol–water partition coefficient (Wildman–Crippen LogP) is 5.37. The van der Waals surface area contributed by atoms with Crippen LogP contribution in [-0.2, 0) is 21.2 Å². The molecule has 0 aromatic heterocycles. The van der Waals surface area contributed by atoms with Gasteiger partial charge >= 0.3 is 0 Å². The lowest BCUT2D eigenvalue weighted by Crippen LogP contribution is -2.30. The molecule has 176 valence electrons. The number of carbonyl (C=O) groups excluding carboxylic acids is 1. The number of aryl methyl sites for hydroxylation is 1. The summed E-state index contributed by atoms with van der Waals surface area (Å²) in [5, 5.41) is 11.4. The number of carbonyl (C=O) groups is 1. The molecule has 0 saturated carbocycles. The van der Waals surface area contributed by atoms with Gasteiger partial charge in [0.2, 0.25) is 9.84 Å². The highest BCUT2D eigenvalue weighted by Crippen LogP contribution is 2.43. The highest BCUT2D eigenvalue weighted by Gasteiger charge is 2.46. The number of aliphatic hydroxyl groups excluding tert-OH is 1. The summed E-state index contributed by atoms with van der Waals surface area (Å²) in [6, 6.07) is 19.1. The van der Waals surface area contributed by atoms with E-state index in [1.54, 1.807) is 60.7 Å². The third-order valence-electron chi connectivity index (χ3n) is 5.65. The van der Waals surface area contributed by atoms with Crippen molar-refractivity contribution in [1.82, 2.24) is 4.90 Å². The molecule has 1 aliphatic rings. The highest BCUT2D eigenvalue weighted by atomic mass is 35.5. The quantitative estimate of drug-likeness (QED) is 0.474. The van der Waals surface area contributed by atoms with E-state index in [1.807, 2.05) is 13.8 Å². The molecule has 6 nitrogen and oxygen atoms in total. The van der Waals surface area contributed by atoms with E-state index in [2.05, 4.69) is 0 Å². The summed E-state index contributed by atoms with van der Waals surface area (Å²) in [6.45, 7) is 4.29. The van der Waals surface area contributed by atoms with Gasteiger partial charge in [0.25, 0.3) is 5.91 Å². The molecule has 1 atom stereocenters. The van der Waals surface area contributed by atoms with Crippen LogP contribution in [0, 0.1) is 6.92 Å². The third kappa shape index (κ3) is 4.54. The predicted molar refractivity (Wildman–Crippen MR) is 130 cm³/mol. The molecule has 8 heteroatoms. The van der Waals surface area contributed by atoms with E-state index in [0.717, 1.165) is 11.1 Å². The number of ether oxygens (including phenoxy) is 1. The van der Waals surface area contributed by atoms with Gasteiger partial charge in [0.15, 0.2) is 5.76 Å². The van der Waals surface area contributed by atoms with E-state index in [1.165, 1.54) is 17.0 Å². The van der Waals surface area contributed by atoms with Crippen LogP contribution in [0.15, 0.2) is 88.4 Å². The number of nitrogens with zero attached hydrogens (tertiary/aromatic N) is 1. The van der Waals surface area contributed by atoms with Gasteiger partial charge in [-0.15, -0.1) is 0 Å². The Labute approximate surface area is 204 Å². The first-order chi connectivity index (χ1) is 16.2. The molecule has 0 fully saturated rings. The molecule has 3 aromatic rings. The molecule has 0 unspecified atom stereocenters. The second-order valence-corrected chi connectivity index (χ2v) is 10.3. The van der Waals surface area contributed by atoms with Crippen LogP contribution < -0.4 is 4.74 Å².